The lowest BCUT2D eigenvalue weighted by atomic mass is 10.1. The maximum Gasteiger partial charge on any atom is 0.175 e. The van der Waals surface area contributed by atoms with Gasteiger partial charge in [-0.1, -0.05) is 35.7 Å². The van der Waals surface area contributed by atoms with Gasteiger partial charge in [0, 0.05) is 34.5 Å². The zero-order valence-electron chi connectivity index (χ0n) is 15.1. The number of hydrogen-bond acceptors (Lipinski definition) is 9. The average Bonchev–Trinajstić information content (AvgIpc) is 3.37. The predicted octanol–water partition coefficient (Wildman–Crippen LogP) is 3.16. The van der Waals surface area contributed by atoms with Crippen LogP contribution in [0, 0.1) is 0 Å². The van der Waals surface area contributed by atoms with Gasteiger partial charge < -0.3 is 5.11 Å². The van der Waals surface area contributed by atoms with Gasteiger partial charge >= 0.3 is 0 Å². The Labute approximate surface area is 177 Å². The van der Waals surface area contributed by atoms with Crippen molar-refractivity contribution in [3.05, 3.63) is 54.4 Å². The molecule has 0 aliphatic carbocycles. The average molecular weight is 432 g/mol. The number of benzene rings is 1. The Morgan fingerprint density at radius 3 is 2.29 bits per heavy atom. The van der Waals surface area contributed by atoms with Gasteiger partial charge in [-0.25, -0.2) is 0 Å². The van der Waals surface area contributed by atoms with Crippen molar-refractivity contribution in [1.82, 2.24) is 15.8 Å². The quantitative estimate of drug-likeness (QED) is 0.495. The number of nitrogens with zero attached hydrogens (tertiary/aromatic N) is 3. The van der Waals surface area contributed by atoms with Crippen LogP contribution in [0.4, 0.5) is 0 Å². The number of aromatic nitrogens is 1. The first kappa shape index (κ1) is 19.5. The lowest BCUT2D eigenvalue weighted by Gasteiger charge is -2.07. The molecule has 0 bridgehead atoms. The summed E-state index contributed by atoms with van der Waals surface area (Å²) in [6.45, 7) is 0. The molecule has 4 rings (SSSR count). The third-order valence-corrected chi connectivity index (χ3v) is 7.42. The predicted molar refractivity (Wildman–Crippen MR) is 120 cm³/mol. The summed E-state index contributed by atoms with van der Waals surface area (Å²) >= 11 is 5.27. The number of amidine groups is 2. The van der Waals surface area contributed by atoms with E-state index < -0.39 is 0 Å². The number of aromatic hydroxyl groups is 1. The van der Waals surface area contributed by atoms with Gasteiger partial charge in [0.25, 0.3) is 0 Å². The Morgan fingerprint density at radius 2 is 1.57 bits per heavy atom. The standard InChI is InChI=1S/C19H21N5OS3/c25-16-3-1-13(2-4-16)9-14-10-27-18(21-14)23-24-19-22-15(12-28-19)11-26-17-5-7-20-8-6-17/h1-8,14-15,25H,9-12H2,(H,21,23)(H,22,24). The third kappa shape index (κ3) is 5.59. The number of nitrogens with one attached hydrogen (secondary N) is 2. The number of phenols is 1. The van der Waals surface area contributed by atoms with E-state index in [0.29, 0.717) is 11.8 Å². The Balaban J connectivity index is 1.21. The fraction of sp³-hybridized carbons (Fsp3) is 0.316. The van der Waals surface area contributed by atoms with Gasteiger partial charge in [-0.2, -0.15) is 0 Å². The van der Waals surface area contributed by atoms with E-state index in [9.17, 15) is 5.11 Å². The Bertz CT molecular complexity index is 844. The lowest BCUT2D eigenvalue weighted by Crippen LogP contribution is -2.38. The molecule has 2 aliphatic heterocycles. The van der Waals surface area contributed by atoms with Crippen molar-refractivity contribution >= 4 is 45.6 Å². The topological polar surface area (TPSA) is 81.9 Å². The molecule has 3 heterocycles. The van der Waals surface area contributed by atoms with Crippen LogP contribution < -0.4 is 10.9 Å². The molecule has 0 amide bonds. The SMILES string of the molecule is Oc1ccc(CC2CSC(NNC3=NC(CSc4ccncc4)CS3)=N2)cc1. The molecule has 6 nitrogen and oxygen atoms in total. The van der Waals surface area contributed by atoms with Crippen LogP contribution in [0.25, 0.3) is 0 Å². The summed E-state index contributed by atoms with van der Waals surface area (Å²) < 4.78 is 0. The smallest absolute Gasteiger partial charge is 0.175 e. The van der Waals surface area contributed by atoms with Crippen LogP contribution in [0.2, 0.25) is 0 Å². The molecule has 2 aromatic rings. The van der Waals surface area contributed by atoms with Crippen LogP contribution in [-0.4, -0.2) is 49.8 Å². The van der Waals surface area contributed by atoms with Crippen LogP contribution in [-0.2, 0) is 6.42 Å². The van der Waals surface area contributed by atoms with Crippen LogP contribution in [0.1, 0.15) is 5.56 Å². The van der Waals surface area contributed by atoms with Gasteiger partial charge in [0.05, 0.1) is 12.1 Å². The van der Waals surface area contributed by atoms with E-state index in [-0.39, 0.29) is 6.04 Å². The fourth-order valence-corrected chi connectivity index (χ4v) is 5.62. The van der Waals surface area contributed by atoms with Gasteiger partial charge in [-0.3, -0.25) is 25.8 Å². The van der Waals surface area contributed by atoms with E-state index >= 15 is 0 Å². The second kappa shape index (κ2) is 9.58. The first-order valence-corrected chi connectivity index (χ1v) is 11.9. The summed E-state index contributed by atoms with van der Waals surface area (Å²) in [6, 6.07) is 12.0. The molecule has 9 heteroatoms. The van der Waals surface area contributed by atoms with Gasteiger partial charge in [0.1, 0.15) is 5.75 Å². The minimum absolute atomic E-state index is 0.251. The second-order valence-corrected chi connectivity index (χ2v) is 9.52. The molecule has 0 spiro atoms. The molecule has 0 saturated heterocycles. The van der Waals surface area contributed by atoms with Crippen molar-refractivity contribution in [1.29, 1.82) is 0 Å². The minimum Gasteiger partial charge on any atom is -0.508 e. The molecule has 2 unspecified atom stereocenters. The van der Waals surface area contributed by atoms with Crippen molar-refractivity contribution in [2.24, 2.45) is 9.98 Å². The number of aliphatic imine (C=N–C) groups is 2. The van der Waals surface area contributed by atoms with Crippen molar-refractivity contribution < 1.29 is 5.11 Å². The summed E-state index contributed by atoms with van der Waals surface area (Å²) in [7, 11) is 0. The van der Waals surface area contributed by atoms with E-state index in [1.807, 2.05) is 48.4 Å². The molecule has 2 atom stereocenters. The fourth-order valence-electron chi connectivity index (χ4n) is 2.80. The zero-order valence-corrected chi connectivity index (χ0v) is 17.6. The summed E-state index contributed by atoms with van der Waals surface area (Å²) in [5.74, 6) is 3.21. The van der Waals surface area contributed by atoms with Gasteiger partial charge in [0.15, 0.2) is 10.3 Å². The summed E-state index contributed by atoms with van der Waals surface area (Å²) in [6.07, 6.45) is 4.52. The first-order valence-electron chi connectivity index (χ1n) is 8.98. The molecule has 1 aromatic heterocycles. The number of pyridine rings is 1. The molecule has 1 aromatic carbocycles. The number of hydrazine groups is 1. The molecule has 28 heavy (non-hydrogen) atoms. The molecular formula is C19H21N5OS3. The van der Waals surface area contributed by atoms with E-state index in [2.05, 4.69) is 15.8 Å². The van der Waals surface area contributed by atoms with Crippen LogP contribution in [0.15, 0.2) is 63.7 Å². The van der Waals surface area contributed by atoms with E-state index in [1.54, 1.807) is 35.7 Å². The van der Waals surface area contributed by atoms with Crippen LogP contribution in [0.3, 0.4) is 0 Å². The van der Waals surface area contributed by atoms with Crippen molar-refractivity contribution in [2.45, 2.75) is 23.4 Å². The highest BCUT2D eigenvalue weighted by atomic mass is 32.2. The molecular weight excluding hydrogens is 410 g/mol. The molecule has 0 saturated carbocycles. The van der Waals surface area contributed by atoms with E-state index in [4.69, 9.17) is 9.98 Å². The largest absolute Gasteiger partial charge is 0.508 e. The van der Waals surface area contributed by atoms with Gasteiger partial charge in [-0.05, 0) is 36.2 Å². The minimum atomic E-state index is 0.251. The first-order chi connectivity index (χ1) is 13.7. The summed E-state index contributed by atoms with van der Waals surface area (Å²) in [4.78, 5) is 14.7. The maximum atomic E-state index is 9.38. The van der Waals surface area contributed by atoms with Crippen molar-refractivity contribution in [3.63, 3.8) is 0 Å². The number of hydrogen-bond donors (Lipinski definition) is 3. The highest BCUT2D eigenvalue weighted by Crippen LogP contribution is 2.25. The maximum absolute atomic E-state index is 9.38. The number of phenolic OH excluding ortho intramolecular Hbond substituents is 1. The third-order valence-electron chi connectivity index (χ3n) is 4.20. The second-order valence-electron chi connectivity index (χ2n) is 6.41. The molecule has 2 aliphatic rings. The monoisotopic (exact) mass is 431 g/mol. The molecule has 0 radical (unpaired) electrons. The molecule has 0 fully saturated rings. The molecule has 3 N–H and O–H groups in total. The normalized spacial score (nSPS) is 21.3. The summed E-state index contributed by atoms with van der Waals surface area (Å²) in [5, 5.41) is 11.2. The van der Waals surface area contributed by atoms with Gasteiger partial charge in [-0.15, -0.1) is 11.8 Å². The molecule has 146 valence electrons. The van der Waals surface area contributed by atoms with E-state index in [0.717, 1.165) is 34.0 Å². The van der Waals surface area contributed by atoms with Crippen molar-refractivity contribution in [2.75, 3.05) is 17.3 Å². The highest BCUT2D eigenvalue weighted by molar-refractivity contribution is 8.14. The van der Waals surface area contributed by atoms with E-state index in [1.165, 1.54) is 10.5 Å². The number of thioether (sulfide) groups is 3. The van der Waals surface area contributed by atoms with Crippen LogP contribution in [0.5, 0.6) is 5.75 Å². The Kier molecular flexibility index (Phi) is 6.66. The lowest BCUT2D eigenvalue weighted by molar-refractivity contribution is 0.475. The Morgan fingerprint density at radius 1 is 0.929 bits per heavy atom. The summed E-state index contributed by atoms with van der Waals surface area (Å²) in [5.41, 5.74) is 7.59. The van der Waals surface area contributed by atoms with Crippen LogP contribution >= 0.6 is 35.3 Å². The number of rotatable bonds is 5. The van der Waals surface area contributed by atoms with Gasteiger partial charge in [0.2, 0.25) is 0 Å². The van der Waals surface area contributed by atoms with Crippen molar-refractivity contribution in [3.8, 4) is 5.75 Å². The highest BCUT2D eigenvalue weighted by Gasteiger charge is 2.21. The zero-order chi connectivity index (χ0) is 19.2. The Hall–Kier alpha value is -1.84.